The molecular weight excluding hydrogens is 310 g/mol. The molecule has 0 atom stereocenters. The lowest BCUT2D eigenvalue weighted by atomic mass is 10.2. The Morgan fingerprint density at radius 1 is 1.17 bits per heavy atom. The average Bonchev–Trinajstić information content (AvgIpc) is 3.13. The molecule has 1 fully saturated rings. The van der Waals surface area contributed by atoms with E-state index in [1.807, 2.05) is 29.7 Å². The molecule has 2 heterocycles. The highest BCUT2D eigenvalue weighted by Gasteiger charge is 2.11. The van der Waals surface area contributed by atoms with E-state index < -0.39 is 5.91 Å². The van der Waals surface area contributed by atoms with Crippen LogP contribution in [0.25, 0.3) is 11.3 Å². The highest BCUT2D eigenvalue weighted by Crippen LogP contribution is 2.24. The maximum atomic E-state index is 11.4. The van der Waals surface area contributed by atoms with Gasteiger partial charge in [0, 0.05) is 25.2 Å². The van der Waals surface area contributed by atoms with Crippen molar-refractivity contribution in [2.45, 2.75) is 0 Å². The van der Waals surface area contributed by atoms with Crippen LogP contribution >= 0.6 is 0 Å². The predicted octanol–water partition coefficient (Wildman–Crippen LogP) is 1.26. The molecule has 1 aromatic heterocycles. The van der Waals surface area contributed by atoms with Gasteiger partial charge in [0.15, 0.2) is 5.76 Å². The van der Waals surface area contributed by atoms with E-state index in [-0.39, 0.29) is 5.76 Å². The fraction of sp³-hybridized carbons (Fsp3) is 0.353. The zero-order valence-corrected chi connectivity index (χ0v) is 13.4. The zero-order valence-electron chi connectivity index (χ0n) is 13.4. The molecule has 1 amide bonds. The summed E-state index contributed by atoms with van der Waals surface area (Å²) in [4.78, 5) is 13.7. The summed E-state index contributed by atoms with van der Waals surface area (Å²) >= 11 is 0. The van der Waals surface area contributed by atoms with Gasteiger partial charge >= 0.3 is 5.91 Å². The van der Waals surface area contributed by atoms with Gasteiger partial charge in [-0.25, -0.2) is 5.84 Å². The van der Waals surface area contributed by atoms with Crippen LogP contribution in [0.4, 0.5) is 0 Å². The van der Waals surface area contributed by atoms with Crippen molar-refractivity contribution in [2.75, 3.05) is 39.5 Å². The molecule has 0 aliphatic carbocycles. The Morgan fingerprint density at radius 2 is 1.92 bits per heavy atom. The predicted molar refractivity (Wildman–Crippen MR) is 88.6 cm³/mol. The molecule has 1 aliphatic heterocycles. The lowest BCUT2D eigenvalue weighted by molar-refractivity contribution is 0.0322. The lowest BCUT2D eigenvalue weighted by Gasteiger charge is -2.26. The van der Waals surface area contributed by atoms with Crippen molar-refractivity contribution in [3.8, 4) is 17.1 Å². The maximum Gasteiger partial charge on any atom is 0.300 e. The molecule has 128 valence electrons. The number of amides is 1. The second kappa shape index (κ2) is 7.96. The first-order chi connectivity index (χ1) is 11.8. The molecule has 1 aliphatic rings. The normalized spacial score (nSPS) is 15.2. The van der Waals surface area contributed by atoms with Crippen molar-refractivity contribution in [1.29, 1.82) is 0 Å². The molecule has 7 nitrogen and oxygen atoms in total. The van der Waals surface area contributed by atoms with Gasteiger partial charge in [-0.2, -0.15) is 0 Å². The number of hydrogen-bond donors (Lipinski definition) is 2. The molecule has 0 saturated carbocycles. The number of nitrogens with zero attached hydrogens (tertiary/aromatic N) is 1. The summed E-state index contributed by atoms with van der Waals surface area (Å²) in [5, 5.41) is 0. The monoisotopic (exact) mass is 331 g/mol. The molecule has 7 heteroatoms. The fourth-order valence-corrected chi connectivity index (χ4v) is 2.52. The third-order valence-electron chi connectivity index (χ3n) is 3.88. The van der Waals surface area contributed by atoms with E-state index in [4.69, 9.17) is 19.7 Å². The van der Waals surface area contributed by atoms with Gasteiger partial charge in [-0.15, -0.1) is 0 Å². The average molecular weight is 331 g/mol. The van der Waals surface area contributed by atoms with Crippen LogP contribution in [0, 0.1) is 0 Å². The van der Waals surface area contributed by atoms with Crippen LogP contribution in [0.2, 0.25) is 0 Å². The SMILES string of the molecule is NNC(=O)c1ccc(-c2ccc(OCCN3CCOCC3)cc2)o1. The number of benzene rings is 1. The Morgan fingerprint density at radius 3 is 2.62 bits per heavy atom. The molecule has 1 aromatic carbocycles. The number of hydrazine groups is 1. The Labute approximate surface area is 140 Å². The second-order valence-electron chi connectivity index (χ2n) is 5.46. The number of nitrogens with one attached hydrogen (secondary N) is 1. The number of carbonyl (C=O) groups excluding carboxylic acids is 1. The Hall–Kier alpha value is -2.35. The molecule has 0 unspecified atom stereocenters. The zero-order chi connectivity index (χ0) is 16.8. The van der Waals surface area contributed by atoms with Crippen LogP contribution in [-0.4, -0.2) is 50.3 Å². The number of ether oxygens (including phenoxy) is 2. The van der Waals surface area contributed by atoms with E-state index in [0.29, 0.717) is 12.4 Å². The van der Waals surface area contributed by atoms with E-state index in [1.54, 1.807) is 12.1 Å². The van der Waals surface area contributed by atoms with Crippen LogP contribution in [0.5, 0.6) is 5.75 Å². The number of rotatable bonds is 6. The minimum absolute atomic E-state index is 0.179. The van der Waals surface area contributed by atoms with Gasteiger partial charge in [0.25, 0.3) is 0 Å². The first kappa shape index (κ1) is 16.5. The van der Waals surface area contributed by atoms with Gasteiger partial charge in [-0.1, -0.05) is 0 Å². The van der Waals surface area contributed by atoms with E-state index in [1.165, 1.54) is 0 Å². The highest BCUT2D eigenvalue weighted by atomic mass is 16.5. The molecule has 3 rings (SSSR count). The van der Waals surface area contributed by atoms with Crippen molar-refractivity contribution in [3.05, 3.63) is 42.2 Å². The van der Waals surface area contributed by atoms with Crippen LogP contribution < -0.4 is 16.0 Å². The number of furan rings is 1. The topological polar surface area (TPSA) is 90.0 Å². The van der Waals surface area contributed by atoms with Gasteiger partial charge in [-0.3, -0.25) is 15.1 Å². The largest absolute Gasteiger partial charge is 0.492 e. The summed E-state index contributed by atoms with van der Waals surface area (Å²) in [6.45, 7) is 5.03. The quantitative estimate of drug-likeness (QED) is 0.470. The number of carbonyl (C=O) groups is 1. The molecule has 0 spiro atoms. The van der Waals surface area contributed by atoms with Crippen molar-refractivity contribution >= 4 is 5.91 Å². The van der Waals surface area contributed by atoms with Crippen LogP contribution in [0.15, 0.2) is 40.8 Å². The van der Waals surface area contributed by atoms with Crippen molar-refractivity contribution < 1.29 is 18.7 Å². The van der Waals surface area contributed by atoms with E-state index >= 15 is 0 Å². The fourth-order valence-electron chi connectivity index (χ4n) is 2.52. The summed E-state index contributed by atoms with van der Waals surface area (Å²) in [6.07, 6.45) is 0. The van der Waals surface area contributed by atoms with Crippen LogP contribution in [0.1, 0.15) is 10.6 Å². The lowest BCUT2D eigenvalue weighted by Crippen LogP contribution is -2.38. The molecule has 3 N–H and O–H groups in total. The smallest absolute Gasteiger partial charge is 0.300 e. The Balaban J connectivity index is 1.53. The standard InChI is InChI=1S/C17H21N3O4/c18-19-17(21)16-6-5-15(24-16)13-1-3-14(4-2-13)23-12-9-20-7-10-22-11-8-20/h1-6H,7-12,18H2,(H,19,21). The molecule has 24 heavy (non-hydrogen) atoms. The van der Waals surface area contributed by atoms with Gasteiger partial charge in [0.1, 0.15) is 18.1 Å². The number of nitrogens with two attached hydrogens (primary N) is 1. The number of morpholine rings is 1. The molecule has 1 saturated heterocycles. The number of hydrogen-bond acceptors (Lipinski definition) is 6. The van der Waals surface area contributed by atoms with Gasteiger partial charge in [0.2, 0.25) is 0 Å². The van der Waals surface area contributed by atoms with Crippen molar-refractivity contribution in [2.24, 2.45) is 5.84 Å². The summed E-state index contributed by atoms with van der Waals surface area (Å²) < 4.78 is 16.6. The minimum atomic E-state index is -0.454. The third kappa shape index (κ3) is 4.14. The maximum absolute atomic E-state index is 11.4. The second-order valence-corrected chi connectivity index (χ2v) is 5.46. The first-order valence-electron chi connectivity index (χ1n) is 7.90. The summed E-state index contributed by atoms with van der Waals surface area (Å²) in [7, 11) is 0. The molecule has 0 radical (unpaired) electrons. The third-order valence-corrected chi connectivity index (χ3v) is 3.88. The summed E-state index contributed by atoms with van der Waals surface area (Å²) in [5.74, 6) is 6.22. The first-order valence-corrected chi connectivity index (χ1v) is 7.90. The van der Waals surface area contributed by atoms with Crippen molar-refractivity contribution in [1.82, 2.24) is 10.3 Å². The highest BCUT2D eigenvalue weighted by molar-refractivity contribution is 5.91. The van der Waals surface area contributed by atoms with E-state index in [2.05, 4.69) is 4.90 Å². The van der Waals surface area contributed by atoms with Crippen molar-refractivity contribution in [3.63, 3.8) is 0 Å². The van der Waals surface area contributed by atoms with Gasteiger partial charge in [-0.05, 0) is 36.4 Å². The van der Waals surface area contributed by atoms with Gasteiger partial charge in [0.05, 0.1) is 13.2 Å². The molecule has 2 aromatic rings. The summed E-state index contributed by atoms with van der Waals surface area (Å²) in [5.41, 5.74) is 2.91. The number of nitrogen functional groups attached to an aromatic ring is 1. The van der Waals surface area contributed by atoms with Crippen LogP contribution in [0.3, 0.4) is 0 Å². The molecule has 0 bridgehead atoms. The van der Waals surface area contributed by atoms with E-state index in [9.17, 15) is 4.79 Å². The minimum Gasteiger partial charge on any atom is -0.492 e. The van der Waals surface area contributed by atoms with Gasteiger partial charge < -0.3 is 13.9 Å². The van der Waals surface area contributed by atoms with E-state index in [0.717, 1.165) is 44.2 Å². The summed E-state index contributed by atoms with van der Waals surface area (Å²) in [6, 6.07) is 10.9. The van der Waals surface area contributed by atoms with Crippen LogP contribution in [-0.2, 0) is 4.74 Å². The Bertz CT molecular complexity index is 663. The molecular formula is C17H21N3O4. The Kier molecular flexibility index (Phi) is 5.47.